The van der Waals surface area contributed by atoms with Crippen LogP contribution < -0.4 is 5.32 Å². The molecule has 1 atom stereocenters. The average Bonchev–Trinajstić information content (AvgIpc) is 1.91. The molecule has 1 N–H and O–H groups in total. The van der Waals surface area contributed by atoms with Gasteiger partial charge in [0.2, 0.25) is 0 Å². The Bertz CT molecular complexity index is 66.6. The van der Waals surface area contributed by atoms with Crippen LogP contribution >= 0.6 is 0 Å². The van der Waals surface area contributed by atoms with E-state index >= 15 is 0 Å². The third-order valence-electron chi connectivity index (χ3n) is 1.64. The zero-order valence-corrected chi connectivity index (χ0v) is 6.02. The molecule has 1 fully saturated rings. The maximum absolute atomic E-state index is 5.27. The van der Waals surface area contributed by atoms with Gasteiger partial charge in [0, 0.05) is 12.6 Å². The molecule has 1 heterocycles. The van der Waals surface area contributed by atoms with Crippen LogP contribution in [0, 0.1) is 0 Å². The van der Waals surface area contributed by atoms with Gasteiger partial charge in [0.15, 0.2) is 0 Å². The summed E-state index contributed by atoms with van der Waals surface area (Å²) >= 11 is 0. The van der Waals surface area contributed by atoms with Crippen LogP contribution in [-0.4, -0.2) is 25.8 Å². The van der Waals surface area contributed by atoms with Crippen LogP contribution in [0.4, 0.5) is 0 Å². The first kappa shape index (κ1) is 7.03. The fourth-order valence-electron chi connectivity index (χ4n) is 1.15. The van der Waals surface area contributed by atoms with E-state index in [-0.39, 0.29) is 0 Å². The summed E-state index contributed by atoms with van der Waals surface area (Å²) in [4.78, 5) is 0. The lowest BCUT2D eigenvalue weighted by Gasteiger charge is -2.22. The molecule has 0 aliphatic carbocycles. The Morgan fingerprint density at radius 1 is 1.67 bits per heavy atom. The van der Waals surface area contributed by atoms with E-state index in [1.165, 1.54) is 12.8 Å². The fraction of sp³-hybridized carbons (Fsp3) is 1.00. The highest BCUT2D eigenvalue weighted by Gasteiger charge is 2.10. The van der Waals surface area contributed by atoms with E-state index in [9.17, 15) is 0 Å². The minimum absolute atomic E-state index is 0.628. The van der Waals surface area contributed by atoms with Crippen LogP contribution in [-0.2, 0) is 4.74 Å². The second-order valence-electron chi connectivity index (χ2n) is 2.51. The van der Waals surface area contributed by atoms with Crippen LogP contribution in [0.5, 0.6) is 0 Å². The summed E-state index contributed by atoms with van der Waals surface area (Å²) in [6.07, 6.45) is 2.50. The maximum atomic E-state index is 5.27. The van der Waals surface area contributed by atoms with Crippen molar-refractivity contribution in [2.24, 2.45) is 0 Å². The predicted molar refractivity (Wildman–Crippen MR) is 37.5 cm³/mol. The van der Waals surface area contributed by atoms with Gasteiger partial charge < -0.3 is 10.1 Å². The number of morpholine rings is 1. The molecule has 2 heteroatoms. The van der Waals surface area contributed by atoms with Crippen LogP contribution in [0.1, 0.15) is 19.8 Å². The van der Waals surface area contributed by atoms with E-state index in [0.717, 1.165) is 19.8 Å². The Kier molecular flexibility index (Phi) is 3.01. The summed E-state index contributed by atoms with van der Waals surface area (Å²) in [6.45, 7) is 5.04. The van der Waals surface area contributed by atoms with Crippen molar-refractivity contribution in [3.05, 3.63) is 0 Å². The molecular formula is C7H15NO. The summed E-state index contributed by atoms with van der Waals surface area (Å²) in [5.41, 5.74) is 0. The topological polar surface area (TPSA) is 21.3 Å². The molecule has 0 radical (unpaired) electrons. The molecule has 9 heavy (non-hydrogen) atoms. The molecule has 0 bridgehead atoms. The Morgan fingerprint density at radius 3 is 3.11 bits per heavy atom. The molecule has 0 amide bonds. The van der Waals surface area contributed by atoms with Gasteiger partial charge in [-0.25, -0.2) is 0 Å². The molecule has 0 aromatic carbocycles. The van der Waals surface area contributed by atoms with Gasteiger partial charge in [0.05, 0.1) is 13.2 Å². The quantitative estimate of drug-likeness (QED) is 0.594. The first-order chi connectivity index (χ1) is 4.43. The SMILES string of the molecule is CCC[C@@H]1COCCN1. The normalized spacial score (nSPS) is 28.3. The summed E-state index contributed by atoms with van der Waals surface area (Å²) in [5, 5.41) is 3.40. The number of rotatable bonds is 2. The Morgan fingerprint density at radius 2 is 2.56 bits per heavy atom. The van der Waals surface area contributed by atoms with Gasteiger partial charge in [-0.3, -0.25) is 0 Å². The Hall–Kier alpha value is -0.0800. The standard InChI is InChI=1S/C7H15NO/c1-2-3-7-6-9-5-4-8-7/h7-8H,2-6H2,1H3/t7-/m1/s1. The first-order valence-corrected chi connectivity index (χ1v) is 3.74. The largest absolute Gasteiger partial charge is 0.379 e. The van der Waals surface area contributed by atoms with Gasteiger partial charge in [-0.1, -0.05) is 13.3 Å². The minimum atomic E-state index is 0.628. The highest BCUT2D eigenvalue weighted by Crippen LogP contribution is 1.99. The highest BCUT2D eigenvalue weighted by molar-refractivity contribution is 4.68. The number of hydrogen-bond donors (Lipinski definition) is 1. The van der Waals surface area contributed by atoms with Crippen molar-refractivity contribution in [1.29, 1.82) is 0 Å². The lowest BCUT2D eigenvalue weighted by Crippen LogP contribution is -2.40. The van der Waals surface area contributed by atoms with Crippen molar-refractivity contribution < 1.29 is 4.74 Å². The third kappa shape index (κ3) is 2.33. The second kappa shape index (κ2) is 3.85. The van der Waals surface area contributed by atoms with E-state index in [1.807, 2.05) is 0 Å². The van der Waals surface area contributed by atoms with E-state index in [1.54, 1.807) is 0 Å². The van der Waals surface area contributed by atoms with Gasteiger partial charge in [-0.15, -0.1) is 0 Å². The lowest BCUT2D eigenvalue weighted by atomic mass is 10.2. The first-order valence-electron chi connectivity index (χ1n) is 3.74. The maximum Gasteiger partial charge on any atom is 0.0620 e. The molecule has 54 valence electrons. The molecule has 0 aromatic heterocycles. The summed E-state index contributed by atoms with van der Waals surface area (Å²) in [7, 11) is 0. The van der Waals surface area contributed by atoms with Crippen LogP contribution in [0.15, 0.2) is 0 Å². The average molecular weight is 129 g/mol. The zero-order chi connectivity index (χ0) is 6.53. The monoisotopic (exact) mass is 129 g/mol. The summed E-state index contributed by atoms with van der Waals surface area (Å²) in [5.74, 6) is 0. The summed E-state index contributed by atoms with van der Waals surface area (Å²) in [6, 6.07) is 0.628. The fourth-order valence-corrected chi connectivity index (χ4v) is 1.15. The van der Waals surface area contributed by atoms with E-state index in [4.69, 9.17) is 4.74 Å². The molecule has 2 nitrogen and oxygen atoms in total. The van der Waals surface area contributed by atoms with E-state index < -0.39 is 0 Å². The second-order valence-corrected chi connectivity index (χ2v) is 2.51. The van der Waals surface area contributed by atoms with Gasteiger partial charge >= 0.3 is 0 Å². The van der Waals surface area contributed by atoms with Gasteiger partial charge in [0.1, 0.15) is 0 Å². The molecule has 0 spiro atoms. The van der Waals surface area contributed by atoms with Crippen molar-refractivity contribution in [1.82, 2.24) is 5.32 Å². The molecule has 1 saturated heterocycles. The van der Waals surface area contributed by atoms with Crippen molar-refractivity contribution in [3.63, 3.8) is 0 Å². The van der Waals surface area contributed by atoms with Crippen LogP contribution in [0.3, 0.4) is 0 Å². The Labute approximate surface area is 56.6 Å². The smallest absolute Gasteiger partial charge is 0.0620 e. The molecule has 1 rings (SSSR count). The molecule has 0 aromatic rings. The van der Waals surface area contributed by atoms with E-state index in [2.05, 4.69) is 12.2 Å². The Balaban J connectivity index is 2.08. The molecule has 0 unspecified atom stereocenters. The van der Waals surface area contributed by atoms with Gasteiger partial charge in [-0.05, 0) is 6.42 Å². The number of ether oxygens (including phenoxy) is 1. The molecule has 1 aliphatic rings. The number of hydrogen-bond acceptors (Lipinski definition) is 2. The molecular weight excluding hydrogens is 114 g/mol. The number of nitrogens with one attached hydrogen (secondary N) is 1. The summed E-state index contributed by atoms with van der Waals surface area (Å²) < 4.78 is 5.27. The van der Waals surface area contributed by atoms with Gasteiger partial charge in [-0.2, -0.15) is 0 Å². The molecule has 1 aliphatic heterocycles. The molecule has 0 saturated carbocycles. The van der Waals surface area contributed by atoms with E-state index in [0.29, 0.717) is 6.04 Å². The third-order valence-corrected chi connectivity index (χ3v) is 1.64. The van der Waals surface area contributed by atoms with Crippen LogP contribution in [0.2, 0.25) is 0 Å². The van der Waals surface area contributed by atoms with Gasteiger partial charge in [0.25, 0.3) is 0 Å². The van der Waals surface area contributed by atoms with Crippen molar-refractivity contribution in [2.75, 3.05) is 19.8 Å². The zero-order valence-electron chi connectivity index (χ0n) is 6.02. The predicted octanol–water partition coefficient (Wildman–Crippen LogP) is 0.775. The van der Waals surface area contributed by atoms with Crippen molar-refractivity contribution >= 4 is 0 Å². The van der Waals surface area contributed by atoms with Crippen molar-refractivity contribution in [3.8, 4) is 0 Å². The van der Waals surface area contributed by atoms with Crippen molar-refractivity contribution in [2.45, 2.75) is 25.8 Å². The lowest BCUT2D eigenvalue weighted by molar-refractivity contribution is 0.0740. The van der Waals surface area contributed by atoms with Crippen LogP contribution in [0.25, 0.3) is 0 Å². The highest BCUT2D eigenvalue weighted by atomic mass is 16.5. The minimum Gasteiger partial charge on any atom is -0.379 e.